The fraction of sp³-hybridized carbons (Fsp3) is 0.409. The van der Waals surface area contributed by atoms with Crippen LogP contribution in [0, 0.1) is 0 Å². The number of carbonyl (C=O) groups excluding carboxylic acids is 1. The van der Waals surface area contributed by atoms with Crippen molar-refractivity contribution in [3.8, 4) is 11.5 Å². The van der Waals surface area contributed by atoms with Gasteiger partial charge in [0.1, 0.15) is 0 Å². The molecule has 0 saturated heterocycles. The maximum absolute atomic E-state index is 13.1. The summed E-state index contributed by atoms with van der Waals surface area (Å²) in [7, 11) is 3.31. The zero-order chi connectivity index (χ0) is 19.0. The van der Waals surface area contributed by atoms with Gasteiger partial charge in [-0.25, -0.2) is 0 Å². The minimum atomic E-state index is 0.177. The Morgan fingerprint density at radius 3 is 2.52 bits per heavy atom. The average molecular weight is 366 g/mol. The molecule has 0 bridgehead atoms. The Kier molecular flexibility index (Phi) is 4.79. The van der Waals surface area contributed by atoms with Crippen molar-refractivity contribution in [2.24, 2.45) is 0 Å². The van der Waals surface area contributed by atoms with Crippen molar-refractivity contribution in [2.45, 2.75) is 32.4 Å². The van der Waals surface area contributed by atoms with Gasteiger partial charge in [-0.2, -0.15) is 0 Å². The zero-order valence-corrected chi connectivity index (χ0v) is 16.2. The van der Waals surface area contributed by atoms with Gasteiger partial charge in [-0.3, -0.25) is 9.69 Å². The van der Waals surface area contributed by atoms with Gasteiger partial charge in [0.25, 0.3) is 0 Å². The average Bonchev–Trinajstić information content (AvgIpc) is 3.02. The lowest BCUT2D eigenvalue weighted by Crippen LogP contribution is -2.44. The molecule has 2 aliphatic rings. The van der Waals surface area contributed by atoms with E-state index >= 15 is 0 Å². The van der Waals surface area contributed by atoms with Crippen molar-refractivity contribution in [1.82, 2.24) is 4.90 Å². The van der Waals surface area contributed by atoms with E-state index in [4.69, 9.17) is 9.47 Å². The van der Waals surface area contributed by atoms with Gasteiger partial charge in [-0.05, 0) is 54.7 Å². The third-order valence-corrected chi connectivity index (χ3v) is 5.63. The molecule has 1 amide bonds. The monoisotopic (exact) mass is 366 g/mol. The highest BCUT2D eigenvalue weighted by molar-refractivity contribution is 5.97. The SMILES string of the molecule is COc1cc2c(cc1OC)CN(CC(=O)N1c3ccccc3CC1C)CC2. The molecule has 0 spiro atoms. The van der Waals surface area contributed by atoms with Crippen molar-refractivity contribution < 1.29 is 14.3 Å². The highest BCUT2D eigenvalue weighted by Crippen LogP contribution is 2.34. The number of nitrogens with zero attached hydrogens (tertiary/aromatic N) is 2. The summed E-state index contributed by atoms with van der Waals surface area (Å²) < 4.78 is 10.8. The van der Waals surface area contributed by atoms with Crippen LogP contribution in [-0.2, 0) is 24.2 Å². The molecule has 2 aliphatic heterocycles. The number of carbonyl (C=O) groups is 1. The molecular weight excluding hydrogens is 340 g/mol. The van der Waals surface area contributed by atoms with E-state index in [0.717, 1.165) is 43.1 Å². The molecule has 1 unspecified atom stereocenters. The fourth-order valence-corrected chi connectivity index (χ4v) is 4.29. The summed E-state index contributed by atoms with van der Waals surface area (Å²) >= 11 is 0. The molecule has 2 aromatic rings. The summed E-state index contributed by atoms with van der Waals surface area (Å²) in [4.78, 5) is 17.3. The number of hydrogen-bond acceptors (Lipinski definition) is 4. The molecule has 0 fully saturated rings. The molecule has 1 atom stereocenters. The van der Waals surface area contributed by atoms with Gasteiger partial charge < -0.3 is 14.4 Å². The van der Waals surface area contributed by atoms with E-state index in [1.807, 2.05) is 23.1 Å². The lowest BCUT2D eigenvalue weighted by Gasteiger charge is -2.31. The number of rotatable bonds is 4. The number of para-hydroxylation sites is 1. The molecule has 0 N–H and O–H groups in total. The van der Waals surface area contributed by atoms with E-state index in [9.17, 15) is 4.79 Å². The van der Waals surface area contributed by atoms with Gasteiger partial charge in [0.15, 0.2) is 11.5 Å². The molecule has 0 saturated carbocycles. The number of fused-ring (bicyclic) bond motifs is 2. The molecule has 27 heavy (non-hydrogen) atoms. The number of amides is 1. The van der Waals surface area contributed by atoms with Crippen LogP contribution in [0.2, 0.25) is 0 Å². The van der Waals surface area contributed by atoms with Crippen LogP contribution in [0.3, 0.4) is 0 Å². The van der Waals surface area contributed by atoms with Gasteiger partial charge in [0, 0.05) is 24.8 Å². The second kappa shape index (κ2) is 7.24. The fourth-order valence-electron chi connectivity index (χ4n) is 4.29. The Balaban J connectivity index is 1.49. The molecule has 2 heterocycles. The third kappa shape index (κ3) is 3.28. The minimum Gasteiger partial charge on any atom is -0.493 e. The first-order chi connectivity index (χ1) is 13.1. The number of methoxy groups -OCH3 is 2. The number of anilines is 1. The molecule has 142 valence electrons. The summed E-state index contributed by atoms with van der Waals surface area (Å²) in [6.07, 6.45) is 1.84. The predicted octanol–water partition coefficient (Wildman–Crippen LogP) is 3.04. The number of benzene rings is 2. The van der Waals surface area contributed by atoms with Crippen LogP contribution in [0.15, 0.2) is 36.4 Å². The summed E-state index contributed by atoms with van der Waals surface area (Å²) in [6.45, 7) is 4.19. The molecule has 4 rings (SSSR count). The Hall–Kier alpha value is -2.53. The summed E-state index contributed by atoms with van der Waals surface area (Å²) in [6, 6.07) is 12.5. The summed E-state index contributed by atoms with van der Waals surface area (Å²) in [5.74, 6) is 1.69. The van der Waals surface area contributed by atoms with Crippen molar-refractivity contribution >= 4 is 11.6 Å². The lowest BCUT2D eigenvalue weighted by molar-refractivity contribution is -0.120. The van der Waals surface area contributed by atoms with Gasteiger partial charge in [-0.15, -0.1) is 0 Å². The molecule has 0 aliphatic carbocycles. The van der Waals surface area contributed by atoms with Crippen molar-refractivity contribution in [3.05, 3.63) is 53.1 Å². The number of hydrogen-bond donors (Lipinski definition) is 0. The first kappa shape index (κ1) is 17.9. The second-order valence-corrected chi connectivity index (χ2v) is 7.38. The Morgan fingerprint density at radius 2 is 1.78 bits per heavy atom. The van der Waals surface area contributed by atoms with Crippen LogP contribution < -0.4 is 14.4 Å². The maximum Gasteiger partial charge on any atom is 0.241 e. The molecule has 5 heteroatoms. The van der Waals surface area contributed by atoms with Crippen LogP contribution in [0.25, 0.3) is 0 Å². The summed E-state index contributed by atoms with van der Waals surface area (Å²) in [5.41, 5.74) is 4.82. The predicted molar refractivity (Wildman–Crippen MR) is 106 cm³/mol. The molecule has 5 nitrogen and oxygen atoms in total. The van der Waals surface area contributed by atoms with E-state index in [0.29, 0.717) is 6.54 Å². The van der Waals surface area contributed by atoms with Crippen molar-refractivity contribution in [1.29, 1.82) is 0 Å². The normalized spacial score (nSPS) is 18.8. The quantitative estimate of drug-likeness (QED) is 0.834. The van der Waals surface area contributed by atoms with Crippen LogP contribution in [-0.4, -0.2) is 44.2 Å². The van der Waals surface area contributed by atoms with E-state index in [1.165, 1.54) is 16.7 Å². The molecule has 2 aromatic carbocycles. The smallest absolute Gasteiger partial charge is 0.241 e. The molecule has 0 radical (unpaired) electrons. The first-order valence-electron chi connectivity index (χ1n) is 9.46. The van der Waals surface area contributed by atoms with Crippen molar-refractivity contribution in [3.63, 3.8) is 0 Å². The van der Waals surface area contributed by atoms with Gasteiger partial charge in [-0.1, -0.05) is 18.2 Å². The summed E-state index contributed by atoms with van der Waals surface area (Å²) in [5, 5.41) is 0. The Bertz CT molecular complexity index is 865. The number of ether oxygens (including phenoxy) is 2. The van der Waals surface area contributed by atoms with Crippen LogP contribution in [0.4, 0.5) is 5.69 Å². The highest BCUT2D eigenvalue weighted by Gasteiger charge is 2.32. The first-order valence-corrected chi connectivity index (χ1v) is 9.46. The molecular formula is C22H26N2O3. The maximum atomic E-state index is 13.1. The zero-order valence-electron chi connectivity index (χ0n) is 16.2. The van der Waals surface area contributed by atoms with E-state index in [2.05, 4.69) is 30.0 Å². The molecule has 0 aromatic heterocycles. The van der Waals surface area contributed by atoms with Gasteiger partial charge in [0.05, 0.1) is 20.8 Å². The van der Waals surface area contributed by atoms with Crippen LogP contribution in [0.1, 0.15) is 23.6 Å². The van der Waals surface area contributed by atoms with Gasteiger partial charge in [0.2, 0.25) is 5.91 Å². The second-order valence-electron chi connectivity index (χ2n) is 7.38. The van der Waals surface area contributed by atoms with Crippen molar-refractivity contribution in [2.75, 3.05) is 32.2 Å². The van der Waals surface area contributed by atoms with E-state index < -0.39 is 0 Å². The van der Waals surface area contributed by atoms with E-state index in [-0.39, 0.29) is 11.9 Å². The lowest BCUT2D eigenvalue weighted by atomic mass is 9.98. The highest BCUT2D eigenvalue weighted by atomic mass is 16.5. The van der Waals surface area contributed by atoms with Gasteiger partial charge >= 0.3 is 0 Å². The van der Waals surface area contributed by atoms with Crippen LogP contribution in [0.5, 0.6) is 11.5 Å². The third-order valence-electron chi connectivity index (χ3n) is 5.63. The van der Waals surface area contributed by atoms with E-state index in [1.54, 1.807) is 14.2 Å². The van der Waals surface area contributed by atoms with Crippen LogP contribution >= 0.6 is 0 Å². The standard InChI is InChI=1S/C22H26N2O3/c1-15-10-17-6-4-5-7-19(17)24(15)22(25)14-23-9-8-16-11-20(26-2)21(27-3)12-18(16)13-23/h4-7,11-12,15H,8-10,13-14H2,1-3H3. The minimum absolute atomic E-state index is 0.177. The largest absolute Gasteiger partial charge is 0.493 e. The Morgan fingerprint density at radius 1 is 1.07 bits per heavy atom. The Labute approximate surface area is 160 Å². The topological polar surface area (TPSA) is 42.0 Å².